The standard InChI is InChI=1S/C21H21NO3S/c1-4-20(23)24-13-21(2,3)14-26-17-8-7-15-10-18(25-19(15)11-17)16-6-5-9-22-12-16/h4-12H,1,13-14H2,2-3H3. The van der Waals surface area contributed by atoms with E-state index in [2.05, 4.69) is 37.5 Å². The first kappa shape index (κ1) is 18.3. The molecule has 0 spiro atoms. The van der Waals surface area contributed by atoms with Gasteiger partial charge in [-0.2, -0.15) is 0 Å². The Balaban J connectivity index is 1.69. The molecule has 3 rings (SSSR count). The van der Waals surface area contributed by atoms with E-state index in [0.29, 0.717) is 6.61 Å². The van der Waals surface area contributed by atoms with Gasteiger partial charge in [0.1, 0.15) is 11.3 Å². The van der Waals surface area contributed by atoms with Gasteiger partial charge in [-0.3, -0.25) is 4.98 Å². The summed E-state index contributed by atoms with van der Waals surface area (Å²) in [6, 6.07) is 12.1. The van der Waals surface area contributed by atoms with Crippen LogP contribution in [0.2, 0.25) is 0 Å². The van der Waals surface area contributed by atoms with E-state index in [0.717, 1.165) is 32.9 Å². The number of hydrogen-bond donors (Lipinski definition) is 0. The molecular weight excluding hydrogens is 346 g/mol. The third-order valence-corrected chi connectivity index (χ3v) is 5.35. The molecule has 0 aliphatic heterocycles. The molecule has 0 N–H and O–H groups in total. The number of aromatic nitrogens is 1. The van der Waals surface area contributed by atoms with Crippen LogP contribution in [0.25, 0.3) is 22.3 Å². The maximum Gasteiger partial charge on any atom is 0.330 e. The summed E-state index contributed by atoms with van der Waals surface area (Å²) in [7, 11) is 0. The molecular formula is C21H21NO3S. The minimum Gasteiger partial charge on any atom is -0.462 e. The Labute approximate surface area is 157 Å². The lowest BCUT2D eigenvalue weighted by Gasteiger charge is -2.23. The molecule has 0 fully saturated rings. The number of carbonyl (C=O) groups excluding carboxylic acids is 1. The van der Waals surface area contributed by atoms with Crippen molar-refractivity contribution in [3.63, 3.8) is 0 Å². The summed E-state index contributed by atoms with van der Waals surface area (Å²) < 4.78 is 11.2. The molecule has 0 amide bonds. The second-order valence-corrected chi connectivity index (χ2v) is 7.87. The van der Waals surface area contributed by atoms with Gasteiger partial charge in [0.15, 0.2) is 0 Å². The van der Waals surface area contributed by atoms with Crippen LogP contribution in [-0.2, 0) is 9.53 Å². The predicted octanol–water partition coefficient (Wildman–Crippen LogP) is 5.34. The van der Waals surface area contributed by atoms with E-state index in [9.17, 15) is 4.79 Å². The highest BCUT2D eigenvalue weighted by molar-refractivity contribution is 7.99. The highest BCUT2D eigenvalue weighted by Gasteiger charge is 2.20. The Morgan fingerprint density at radius 2 is 2.19 bits per heavy atom. The van der Waals surface area contributed by atoms with Gasteiger partial charge in [-0.25, -0.2) is 4.79 Å². The lowest BCUT2D eigenvalue weighted by molar-refractivity contribution is -0.140. The Morgan fingerprint density at radius 1 is 1.35 bits per heavy atom. The zero-order chi connectivity index (χ0) is 18.6. The van der Waals surface area contributed by atoms with Crippen LogP contribution >= 0.6 is 11.8 Å². The average molecular weight is 367 g/mol. The molecule has 134 valence electrons. The Morgan fingerprint density at radius 3 is 2.92 bits per heavy atom. The molecule has 0 bridgehead atoms. The molecule has 2 aromatic heterocycles. The number of benzene rings is 1. The minimum atomic E-state index is -0.386. The summed E-state index contributed by atoms with van der Waals surface area (Å²) in [4.78, 5) is 16.5. The number of pyridine rings is 1. The third-order valence-electron chi connectivity index (χ3n) is 3.84. The molecule has 0 aliphatic rings. The van der Waals surface area contributed by atoms with E-state index in [4.69, 9.17) is 9.15 Å². The number of rotatable bonds is 7. The smallest absolute Gasteiger partial charge is 0.330 e. The van der Waals surface area contributed by atoms with Crippen molar-refractivity contribution in [2.24, 2.45) is 5.41 Å². The largest absolute Gasteiger partial charge is 0.462 e. The first-order valence-corrected chi connectivity index (χ1v) is 9.31. The van der Waals surface area contributed by atoms with Gasteiger partial charge < -0.3 is 9.15 Å². The highest BCUT2D eigenvalue weighted by Crippen LogP contribution is 2.33. The van der Waals surface area contributed by atoms with Gasteiger partial charge in [0.05, 0.1) is 6.61 Å². The van der Waals surface area contributed by atoms with Crippen molar-refractivity contribution in [1.82, 2.24) is 4.98 Å². The number of ether oxygens (including phenoxy) is 1. The molecule has 4 nitrogen and oxygen atoms in total. The number of fused-ring (bicyclic) bond motifs is 1. The molecule has 0 unspecified atom stereocenters. The number of carbonyl (C=O) groups is 1. The Bertz CT molecular complexity index is 915. The number of hydrogen-bond acceptors (Lipinski definition) is 5. The fourth-order valence-electron chi connectivity index (χ4n) is 2.40. The van der Waals surface area contributed by atoms with Crippen LogP contribution in [0.4, 0.5) is 0 Å². The lowest BCUT2D eigenvalue weighted by atomic mass is 9.98. The van der Waals surface area contributed by atoms with Gasteiger partial charge in [0, 0.05) is 45.5 Å². The van der Waals surface area contributed by atoms with Crippen molar-refractivity contribution in [3.8, 4) is 11.3 Å². The van der Waals surface area contributed by atoms with Gasteiger partial charge in [-0.05, 0) is 36.4 Å². The predicted molar refractivity (Wildman–Crippen MR) is 105 cm³/mol. The Kier molecular flexibility index (Phi) is 5.47. The van der Waals surface area contributed by atoms with E-state index >= 15 is 0 Å². The van der Waals surface area contributed by atoms with E-state index in [1.807, 2.05) is 24.3 Å². The van der Waals surface area contributed by atoms with Gasteiger partial charge in [0.2, 0.25) is 0 Å². The molecule has 5 heteroatoms. The van der Waals surface area contributed by atoms with Crippen molar-refractivity contribution >= 4 is 28.7 Å². The average Bonchev–Trinajstić information content (AvgIpc) is 3.09. The van der Waals surface area contributed by atoms with Crippen LogP contribution in [0, 0.1) is 5.41 Å². The zero-order valence-corrected chi connectivity index (χ0v) is 15.7. The molecule has 26 heavy (non-hydrogen) atoms. The lowest BCUT2D eigenvalue weighted by Crippen LogP contribution is -2.23. The summed E-state index contributed by atoms with van der Waals surface area (Å²) >= 11 is 1.72. The second-order valence-electron chi connectivity index (χ2n) is 6.82. The summed E-state index contributed by atoms with van der Waals surface area (Å²) in [5, 5.41) is 1.06. The zero-order valence-electron chi connectivity index (χ0n) is 14.9. The van der Waals surface area contributed by atoms with Crippen LogP contribution in [-0.4, -0.2) is 23.3 Å². The number of thioether (sulfide) groups is 1. The summed E-state index contributed by atoms with van der Waals surface area (Å²) in [5.74, 6) is 1.24. The fraction of sp³-hybridized carbons (Fsp3) is 0.238. The number of esters is 1. The van der Waals surface area contributed by atoms with E-state index in [1.165, 1.54) is 6.08 Å². The normalized spacial score (nSPS) is 11.5. The first-order valence-electron chi connectivity index (χ1n) is 8.33. The molecule has 0 saturated carbocycles. The van der Waals surface area contributed by atoms with Crippen molar-refractivity contribution < 1.29 is 13.9 Å². The van der Waals surface area contributed by atoms with Gasteiger partial charge in [0.25, 0.3) is 0 Å². The highest BCUT2D eigenvalue weighted by atomic mass is 32.2. The van der Waals surface area contributed by atoms with Crippen LogP contribution in [0.3, 0.4) is 0 Å². The van der Waals surface area contributed by atoms with Gasteiger partial charge in [-0.15, -0.1) is 11.8 Å². The summed E-state index contributed by atoms with van der Waals surface area (Å²) in [6.07, 6.45) is 4.73. The van der Waals surface area contributed by atoms with Crippen LogP contribution in [0.5, 0.6) is 0 Å². The summed E-state index contributed by atoms with van der Waals surface area (Å²) in [5.41, 5.74) is 1.68. The molecule has 0 saturated heterocycles. The van der Waals surface area contributed by atoms with Crippen LogP contribution in [0.15, 0.2) is 70.8 Å². The minimum absolute atomic E-state index is 0.137. The molecule has 0 aliphatic carbocycles. The van der Waals surface area contributed by atoms with E-state index < -0.39 is 0 Å². The number of nitrogens with zero attached hydrogens (tertiary/aromatic N) is 1. The number of furan rings is 1. The maximum atomic E-state index is 11.2. The van der Waals surface area contributed by atoms with E-state index in [1.54, 1.807) is 24.2 Å². The quantitative estimate of drug-likeness (QED) is 0.320. The summed E-state index contributed by atoms with van der Waals surface area (Å²) in [6.45, 7) is 7.92. The second kappa shape index (κ2) is 7.79. The topological polar surface area (TPSA) is 52.3 Å². The molecule has 0 atom stereocenters. The van der Waals surface area contributed by atoms with Crippen molar-refractivity contribution in [3.05, 3.63) is 61.4 Å². The molecule has 0 radical (unpaired) electrons. The van der Waals surface area contributed by atoms with Gasteiger partial charge >= 0.3 is 5.97 Å². The molecule has 2 heterocycles. The third kappa shape index (κ3) is 4.55. The van der Waals surface area contributed by atoms with Crippen molar-refractivity contribution in [2.45, 2.75) is 18.7 Å². The maximum absolute atomic E-state index is 11.2. The molecule has 1 aromatic carbocycles. The van der Waals surface area contributed by atoms with Crippen LogP contribution in [0.1, 0.15) is 13.8 Å². The van der Waals surface area contributed by atoms with Crippen molar-refractivity contribution in [2.75, 3.05) is 12.4 Å². The fourth-order valence-corrected chi connectivity index (χ4v) is 3.39. The van der Waals surface area contributed by atoms with Gasteiger partial charge in [-0.1, -0.05) is 20.4 Å². The molecule has 3 aromatic rings. The Hall–Kier alpha value is -2.53. The van der Waals surface area contributed by atoms with Crippen LogP contribution < -0.4 is 0 Å². The SMILES string of the molecule is C=CC(=O)OCC(C)(C)CSc1ccc2cc(-c3cccnc3)oc2c1. The first-order chi connectivity index (χ1) is 12.5. The van der Waals surface area contributed by atoms with Crippen molar-refractivity contribution in [1.29, 1.82) is 0 Å². The van der Waals surface area contributed by atoms with E-state index in [-0.39, 0.29) is 11.4 Å². The monoisotopic (exact) mass is 367 g/mol.